The van der Waals surface area contributed by atoms with E-state index < -0.39 is 29.6 Å². The number of hydrogen-bond donors (Lipinski definition) is 1. The van der Waals surface area contributed by atoms with Crippen molar-refractivity contribution in [2.24, 2.45) is 11.8 Å². The lowest BCUT2D eigenvalue weighted by Crippen LogP contribution is -2.52. The van der Waals surface area contributed by atoms with Crippen molar-refractivity contribution in [3.8, 4) is 11.5 Å². The van der Waals surface area contributed by atoms with Crippen molar-refractivity contribution in [2.75, 3.05) is 85.3 Å². The molecule has 3 aromatic rings. The van der Waals surface area contributed by atoms with Crippen molar-refractivity contribution < 1.29 is 59.6 Å². The maximum absolute atomic E-state index is 12.7. The van der Waals surface area contributed by atoms with Crippen LogP contribution in [0.2, 0.25) is 0 Å². The van der Waals surface area contributed by atoms with Crippen LogP contribution in [0.3, 0.4) is 0 Å². The lowest BCUT2D eigenvalue weighted by molar-refractivity contribution is -0.147. The highest BCUT2D eigenvalue weighted by Gasteiger charge is 2.33. The molecule has 4 unspecified atom stereocenters. The third kappa shape index (κ3) is 14.5. The molecule has 0 aliphatic carbocycles. The Kier molecular flexibility index (Phi) is 16.5. The zero-order chi connectivity index (χ0) is 43.2. The molecule has 1 N–H and O–H groups in total. The molecule has 334 valence electrons. The van der Waals surface area contributed by atoms with E-state index in [9.17, 15) is 35.9 Å². The number of likely N-dealkylation sites (tertiary alicyclic amines) is 2. The van der Waals surface area contributed by atoms with Crippen LogP contribution < -0.4 is 14.8 Å². The number of ether oxygens (including phenoxy) is 5. The first kappa shape index (κ1) is 45.9. The van der Waals surface area contributed by atoms with Gasteiger partial charge < -0.3 is 43.7 Å². The van der Waals surface area contributed by atoms with Gasteiger partial charge in [-0.2, -0.15) is 26.3 Å². The second-order valence-corrected chi connectivity index (χ2v) is 15.8. The summed E-state index contributed by atoms with van der Waals surface area (Å²) in [5.74, 6) is 1.28. The van der Waals surface area contributed by atoms with Crippen LogP contribution in [-0.2, 0) is 38.0 Å². The number of nitrogens with one attached hydrogen (secondary N) is 1. The molecule has 4 aliphatic heterocycles. The number of nitrogens with zero attached hydrogens (tertiary/aromatic N) is 3. The number of hydrogen-bond acceptors (Lipinski definition) is 9. The largest absolute Gasteiger partial charge is 0.493 e. The van der Waals surface area contributed by atoms with E-state index in [2.05, 4.69) is 10.2 Å². The Bertz CT molecular complexity index is 1800. The van der Waals surface area contributed by atoms with Gasteiger partial charge in [0, 0.05) is 57.6 Å². The zero-order valence-corrected chi connectivity index (χ0v) is 34.0. The molecule has 11 nitrogen and oxygen atoms in total. The summed E-state index contributed by atoms with van der Waals surface area (Å²) < 4.78 is 104. The molecule has 0 aromatic heterocycles. The SMILES string of the molecule is O=C(C1CNCCO1)N1CCCC(COc2ccc(C(F)(F)F)cc2)C1.O=C(OCc1ccccc1)N1CCOC(CN2CCCC(COc3ccc(C(F)(F)F)cc3)C2)C1. The van der Waals surface area contributed by atoms with Crippen molar-refractivity contribution in [2.45, 2.75) is 56.9 Å². The smallest absolute Gasteiger partial charge is 0.416 e. The van der Waals surface area contributed by atoms with E-state index in [0.717, 1.165) is 75.1 Å². The first-order chi connectivity index (χ1) is 29.3. The van der Waals surface area contributed by atoms with Gasteiger partial charge in [0.15, 0.2) is 0 Å². The van der Waals surface area contributed by atoms with Gasteiger partial charge in [0.05, 0.1) is 50.2 Å². The van der Waals surface area contributed by atoms with Crippen molar-refractivity contribution in [1.29, 1.82) is 0 Å². The number of morpholine rings is 2. The van der Waals surface area contributed by atoms with Crippen LogP contribution in [0, 0.1) is 11.8 Å². The first-order valence-electron chi connectivity index (χ1n) is 20.8. The summed E-state index contributed by atoms with van der Waals surface area (Å²) in [7, 11) is 0. The summed E-state index contributed by atoms with van der Waals surface area (Å²) in [6.45, 7) is 8.10. The van der Waals surface area contributed by atoms with Gasteiger partial charge >= 0.3 is 18.4 Å². The minimum Gasteiger partial charge on any atom is -0.493 e. The third-order valence-electron chi connectivity index (χ3n) is 11.0. The fraction of sp³-hybridized carbons (Fsp3) is 0.545. The van der Waals surface area contributed by atoms with Gasteiger partial charge in [-0.25, -0.2) is 4.79 Å². The van der Waals surface area contributed by atoms with Gasteiger partial charge in [0.2, 0.25) is 0 Å². The lowest BCUT2D eigenvalue weighted by Gasteiger charge is -2.38. The van der Waals surface area contributed by atoms with Crippen LogP contribution >= 0.6 is 0 Å². The van der Waals surface area contributed by atoms with Gasteiger partial charge in [0.1, 0.15) is 24.2 Å². The molecule has 4 atom stereocenters. The molecular weight excluding hydrogens is 810 g/mol. The number of piperidine rings is 2. The molecule has 2 amide bonds. The molecule has 0 saturated carbocycles. The molecule has 3 aromatic carbocycles. The minimum atomic E-state index is -4.35. The Morgan fingerprint density at radius 1 is 0.689 bits per heavy atom. The molecule has 4 aliphatic rings. The predicted octanol–water partition coefficient (Wildman–Crippen LogP) is 7.15. The number of carbonyl (C=O) groups excluding carboxylic acids is 2. The van der Waals surface area contributed by atoms with E-state index in [-0.39, 0.29) is 36.5 Å². The summed E-state index contributed by atoms with van der Waals surface area (Å²) in [6, 6.07) is 19.1. The van der Waals surface area contributed by atoms with Crippen molar-refractivity contribution in [3.63, 3.8) is 0 Å². The van der Waals surface area contributed by atoms with E-state index in [1.165, 1.54) is 24.3 Å². The van der Waals surface area contributed by atoms with E-state index in [1.54, 1.807) is 4.90 Å². The van der Waals surface area contributed by atoms with Crippen LogP contribution in [0.1, 0.15) is 42.4 Å². The quantitative estimate of drug-likeness (QED) is 0.202. The molecule has 0 bridgehead atoms. The Morgan fingerprint density at radius 2 is 1.30 bits per heavy atom. The third-order valence-corrected chi connectivity index (χ3v) is 11.0. The number of halogens is 6. The van der Waals surface area contributed by atoms with E-state index in [4.69, 9.17) is 23.7 Å². The lowest BCUT2D eigenvalue weighted by atomic mass is 9.98. The number of benzene rings is 3. The highest BCUT2D eigenvalue weighted by atomic mass is 19.4. The highest BCUT2D eigenvalue weighted by molar-refractivity contribution is 5.81. The van der Waals surface area contributed by atoms with E-state index in [0.29, 0.717) is 77.2 Å². The van der Waals surface area contributed by atoms with Crippen LogP contribution in [0.15, 0.2) is 78.9 Å². The maximum atomic E-state index is 12.7. The number of alkyl halides is 6. The normalized spacial score (nSPS) is 22.7. The average Bonchev–Trinajstić information content (AvgIpc) is 3.27. The summed E-state index contributed by atoms with van der Waals surface area (Å²) in [6.07, 6.45) is -5.74. The van der Waals surface area contributed by atoms with Gasteiger partial charge in [-0.1, -0.05) is 30.3 Å². The number of rotatable bonds is 11. The van der Waals surface area contributed by atoms with E-state index >= 15 is 0 Å². The zero-order valence-electron chi connectivity index (χ0n) is 34.0. The second-order valence-electron chi connectivity index (χ2n) is 15.8. The van der Waals surface area contributed by atoms with Gasteiger partial charge in [-0.3, -0.25) is 4.79 Å². The van der Waals surface area contributed by atoms with Crippen LogP contribution in [0.5, 0.6) is 11.5 Å². The Morgan fingerprint density at radius 3 is 1.89 bits per heavy atom. The molecule has 4 saturated heterocycles. The Balaban J connectivity index is 0.000000213. The first-order valence-corrected chi connectivity index (χ1v) is 20.8. The topological polar surface area (TPSA) is 102 Å². The summed E-state index contributed by atoms with van der Waals surface area (Å²) >= 11 is 0. The fourth-order valence-corrected chi connectivity index (χ4v) is 7.78. The minimum absolute atomic E-state index is 0.00331. The van der Waals surface area contributed by atoms with Crippen LogP contribution in [-0.4, -0.2) is 124 Å². The molecular formula is C44H54F6N4O7. The van der Waals surface area contributed by atoms with Crippen molar-refractivity contribution >= 4 is 12.0 Å². The molecule has 4 heterocycles. The van der Waals surface area contributed by atoms with Crippen molar-refractivity contribution in [1.82, 2.24) is 20.0 Å². The Labute approximate surface area is 352 Å². The molecule has 61 heavy (non-hydrogen) atoms. The van der Waals surface area contributed by atoms with Gasteiger partial charge in [-0.05, 0) is 86.3 Å². The second kappa shape index (κ2) is 22.0. The Hall–Kier alpha value is -4.58. The van der Waals surface area contributed by atoms with Gasteiger partial charge in [-0.15, -0.1) is 0 Å². The van der Waals surface area contributed by atoms with Crippen LogP contribution in [0.25, 0.3) is 0 Å². The summed E-state index contributed by atoms with van der Waals surface area (Å²) in [5, 5.41) is 3.15. The maximum Gasteiger partial charge on any atom is 0.416 e. The highest BCUT2D eigenvalue weighted by Crippen LogP contribution is 2.32. The average molecular weight is 865 g/mol. The van der Waals surface area contributed by atoms with Crippen LogP contribution in [0.4, 0.5) is 31.1 Å². The molecule has 4 fully saturated rings. The molecule has 0 radical (unpaired) electrons. The van der Waals surface area contributed by atoms with Gasteiger partial charge in [0.25, 0.3) is 5.91 Å². The number of amides is 2. The molecule has 17 heteroatoms. The standard InChI is InChI=1S/C26H31F3N2O4.C18H23F3N2O3/c27-26(28,29)22-8-10-23(11-9-22)34-19-21-7-4-12-30(15-21)16-24-17-31(13-14-33-24)25(32)35-18-20-5-2-1-3-6-20;19-18(20,21)14-3-5-15(6-4-14)26-12-13-2-1-8-23(11-13)17(24)16-10-22-7-9-25-16/h1-3,5-6,8-11,21,24H,4,7,12-19H2;3-6,13,16,22H,1-2,7-12H2. The molecule has 7 rings (SSSR count). The van der Waals surface area contributed by atoms with E-state index in [1.807, 2.05) is 35.2 Å². The predicted molar refractivity (Wildman–Crippen MR) is 213 cm³/mol. The molecule has 0 spiro atoms. The fourth-order valence-electron chi connectivity index (χ4n) is 7.78. The summed E-state index contributed by atoms with van der Waals surface area (Å²) in [4.78, 5) is 30.9. The summed E-state index contributed by atoms with van der Waals surface area (Å²) in [5.41, 5.74) is -0.428. The van der Waals surface area contributed by atoms with Crippen molar-refractivity contribution in [3.05, 3.63) is 95.6 Å². The monoisotopic (exact) mass is 864 g/mol. The number of carbonyl (C=O) groups is 2.